The third-order valence-corrected chi connectivity index (χ3v) is 3.66. The van der Waals surface area contributed by atoms with Crippen molar-refractivity contribution in [3.05, 3.63) is 52.8 Å². The van der Waals surface area contributed by atoms with Crippen LogP contribution in [0.5, 0.6) is 0 Å². The average Bonchev–Trinajstić information content (AvgIpc) is 2.82. The molecule has 2 aromatic rings. The van der Waals surface area contributed by atoms with Gasteiger partial charge in [-0.05, 0) is 31.9 Å². The number of benzene rings is 1. The fourth-order valence-corrected chi connectivity index (χ4v) is 2.62. The van der Waals surface area contributed by atoms with Crippen molar-refractivity contribution in [3.8, 4) is 0 Å². The van der Waals surface area contributed by atoms with Crippen molar-refractivity contribution in [2.75, 3.05) is 6.54 Å². The number of aromatic nitrogens is 2. The molecule has 0 spiro atoms. The summed E-state index contributed by atoms with van der Waals surface area (Å²) < 4.78 is 1.92. The van der Waals surface area contributed by atoms with E-state index in [1.165, 1.54) is 22.4 Å². The van der Waals surface area contributed by atoms with Crippen LogP contribution in [0.15, 0.2) is 30.5 Å². The first-order valence-electron chi connectivity index (χ1n) is 7.45. The van der Waals surface area contributed by atoms with Gasteiger partial charge in [-0.25, -0.2) is 0 Å². The number of likely N-dealkylation sites (N-methyl/N-ethyl adjacent to an activating group) is 1. The van der Waals surface area contributed by atoms with E-state index in [1.807, 2.05) is 11.7 Å². The predicted molar refractivity (Wildman–Crippen MR) is 83.9 cm³/mol. The van der Waals surface area contributed by atoms with Gasteiger partial charge in [-0.1, -0.05) is 43.7 Å². The summed E-state index contributed by atoms with van der Waals surface area (Å²) in [5.74, 6) is 0. The second kappa shape index (κ2) is 6.71. The molecule has 108 valence electrons. The highest BCUT2D eigenvalue weighted by Crippen LogP contribution is 2.22. The molecule has 0 saturated heterocycles. The van der Waals surface area contributed by atoms with Gasteiger partial charge in [-0.15, -0.1) is 0 Å². The van der Waals surface area contributed by atoms with Crippen LogP contribution in [-0.4, -0.2) is 16.3 Å². The van der Waals surface area contributed by atoms with E-state index in [1.54, 1.807) is 0 Å². The summed E-state index contributed by atoms with van der Waals surface area (Å²) in [7, 11) is 2.00. The molecule has 2 rings (SSSR count). The first-order chi connectivity index (χ1) is 9.63. The van der Waals surface area contributed by atoms with E-state index >= 15 is 0 Å². The van der Waals surface area contributed by atoms with Crippen molar-refractivity contribution in [3.63, 3.8) is 0 Å². The topological polar surface area (TPSA) is 29.9 Å². The van der Waals surface area contributed by atoms with Gasteiger partial charge in [0.05, 0.1) is 5.69 Å². The third-order valence-electron chi connectivity index (χ3n) is 3.66. The minimum absolute atomic E-state index is 0.339. The second-order valence-corrected chi connectivity index (χ2v) is 5.36. The van der Waals surface area contributed by atoms with E-state index in [4.69, 9.17) is 0 Å². The van der Waals surface area contributed by atoms with E-state index in [2.05, 4.69) is 61.6 Å². The van der Waals surface area contributed by atoms with Crippen LogP contribution >= 0.6 is 0 Å². The van der Waals surface area contributed by atoms with Gasteiger partial charge in [0.2, 0.25) is 0 Å². The Kier molecular flexibility index (Phi) is 4.96. The van der Waals surface area contributed by atoms with E-state index in [0.717, 1.165) is 19.4 Å². The van der Waals surface area contributed by atoms with Crippen molar-refractivity contribution >= 4 is 0 Å². The maximum Gasteiger partial charge on any atom is 0.0669 e. The first kappa shape index (κ1) is 14.8. The third kappa shape index (κ3) is 3.48. The Morgan fingerprint density at radius 2 is 1.90 bits per heavy atom. The Bertz CT molecular complexity index is 540. The molecule has 3 heteroatoms. The molecule has 1 heterocycles. The van der Waals surface area contributed by atoms with E-state index in [0.29, 0.717) is 6.04 Å². The van der Waals surface area contributed by atoms with Gasteiger partial charge in [0.15, 0.2) is 0 Å². The average molecular weight is 271 g/mol. The largest absolute Gasteiger partial charge is 0.310 e. The van der Waals surface area contributed by atoms with E-state index in [9.17, 15) is 0 Å². The summed E-state index contributed by atoms with van der Waals surface area (Å²) in [4.78, 5) is 0. The fraction of sp³-hybridized carbons (Fsp3) is 0.471. The van der Waals surface area contributed by atoms with Crippen LogP contribution in [0, 0.1) is 6.92 Å². The highest BCUT2D eigenvalue weighted by Gasteiger charge is 2.17. The van der Waals surface area contributed by atoms with E-state index in [-0.39, 0.29) is 0 Å². The number of rotatable bonds is 6. The lowest BCUT2D eigenvalue weighted by molar-refractivity contribution is 0.545. The van der Waals surface area contributed by atoms with Crippen LogP contribution < -0.4 is 5.32 Å². The zero-order valence-corrected chi connectivity index (χ0v) is 13.0. The molecule has 1 aromatic carbocycles. The lowest BCUT2D eigenvalue weighted by atomic mass is 9.98. The van der Waals surface area contributed by atoms with Crippen LogP contribution in [0.25, 0.3) is 0 Å². The van der Waals surface area contributed by atoms with Gasteiger partial charge in [0.25, 0.3) is 0 Å². The van der Waals surface area contributed by atoms with Crippen LogP contribution in [0.3, 0.4) is 0 Å². The molecule has 0 saturated carbocycles. The van der Waals surface area contributed by atoms with E-state index < -0.39 is 0 Å². The number of nitrogens with one attached hydrogen (secondary N) is 1. The molecule has 0 radical (unpaired) electrons. The molecule has 1 N–H and O–H groups in total. The summed E-state index contributed by atoms with van der Waals surface area (Å²) in [5, 5.41) is 8.16. The number of aryl methyl sites for hydroxylation is 3. The van der Waals surface area contributed by atoms with Crippen LogP contribution in [0.1, 0.15) is 42.3 Å². The van der Waals surface area contributed by atoms with Crippen molar-refractivity contribution in [1.29, 1.82) is 0 Å². The normalized spacial score (nSPS) is 12.6. The summed E-state index contributed by atoms with van der Waals surface area (Å²) in [6.07, 6.45) is 4.14. The second-order valence-electron chi connectivity index (χ2n) is 5.36. The SMILES string of the molecule is CCNC(Cc1ccc(C)cc1)c1cn(C)nc1CC. The molecule has 3 nitrogen and oxygen atoms in total. The van der Waals surface area contributed by atoms with Gasteiger partial charge in [0, 0.05) is 24.8 Å². The summed E-state index contributed by atoms with van der Waals surface area (Å²) in [6, 6.07) is 9.15. The number of hydrogen-bond acceptors (Lipinski definition) is 2. The number of nitrogens with zero attached hydrogens (tertiary/aromatic N) is 2. The lowest BCUT2D eigenvalue weighted by Crippen LogP contribution is -2.23. The zero-order valence-electron chi connectivity index (χ0n) is 13.0. The standard InChI is InChI=1S/C17H25N3/c1-5-16-15(12-20(4)19-16)17(18-6-2)11-14-9-7-13(3)8-10-14/h7-10,12,17-18H,5-6,11H2,1-4H3. The molecular formula is C17H25N3. The predicted octanol–water partition coefficient (Wildman–Crippen LogP) is 3.18. The monoisotopic (exact) mass is 271 g/mol. The molecule has 20 heavy (non-hydrogen) atoms. The van der Waals surface area contributed by atoms with Gasteiger partial charge in [-0.3, -0.25) is 4.68 Å². The van der Waals surface area contributed by atoms with Gasteiger partial charge < -0.3 is 5.32 Å². The Labute approximate surface area is 122 Å². The quantitative estimate of drug-likeness (QED) is 0.874. The fourth-order valence-electron chi connectivity index (χ4n) is 2.62. The smallest absolute Gasteiger partial charge is 0.0669 e. The molecule has 1 unspecified atom stereocenters. The van der Waals surface area contributed by atoms with Crippen LogP contribution in [-0.2, 0) is 19.9 Å². The van der Waals surface area contributed by atoms with Gasteiger partial charge in [0.1, 0.15) is 0 Å². The molecule has 0 bridgehead atoms. The van der Waals surface area contributed by atoms with Crippen molar-refractivity contribution in [2.45, 2.75) is 39.7 Å². The first-order valence-corrected chi connectivity index (χ1v) is 7.45. The Hall–Kier alpha value is -1.61. The number of hydrogen-bond donors (Lipinski definition) is 1. The minimum Gasteiger partial charge on any atom is -0.310 e. The Morgan fingerprint density at radius 1 is 1.20 bits per heavy atom. The highest BCUT2D eigenvalue weighted by atomic mass is 15.3. The molecule has 0 aliphatic carbocycles. The summed E-state index contributed by atoms with van der Waals surface area (Å²) >= 11 is 0. The summed E-state index contributed by atoms with van der Waals surface area (Å²) in [5.41, 5.74) is 5.21. The molecule has 1 aromatic heterocycles. The molecular weight excluding hydrogens is 246 g/mol. The van der Waals surface area contributed by atoms with Crippen LogP contribution in [0.4, 0.5) is 0 Å². The lowest BCUT2D eigenvalue weighted by Gasteiger charge is -2.18. The van der Waals surface area contributed by atoms with Gasteiger partial charge in [-0.2, -0.15) is 5.10 Å². The Morgan fingerprint density at radius 3 is 2.50 bits per heavy atom. The highest BCUT2D eigenvalue weighted by molar-refractivity contribution is 5.27. The van der Waals surface area contributed by atoms with Crippen molar-refractivity contribution in [1.82, 2.24) is 15.1 Å². The summed E-state index contributed by atoms with van der Waals surface area (Å²) in [6.45, 7) is 7.42. The maximum atomic E-state index is 4.56. The Balaban J connectivity index is 2.23. The van der Waals surface area contributed by atoms with Crippen LogP contribution in [0.2, 0.25) is 0 Å². The van der Waals surface area contributed by atoms with Gasteiger partial charge >= 0.3 is 0 Å². The van der Waals surface area contributed by atoms with Crippen molar-refractivity contribution < 1.29 is 0 Å². The maximum absolute atomic E-state index is 4.56. The molecule has 0 fully saturated rings. The molecule has 0 aliphatic rings. The molecule has 0 aliphatic heterocycles. The molecule has 1 atom stereocenters. The minimum atomic E-state index is 0.339. The zero-order chi connectivity index (χ0) is 14.5. The molecule has 0 amide bonds. The van der Waals surface area contributed by atoms with Crippen molar-refractivity contribution in [2.24, 2.45) is 7.05 Å².